The minimum absolute atomic E-state index is 0.280. The number of carbonyl (C=O) groups is 1. The summed E-state index contributed by atoms with van der Waals surface area (Å²) >= 11 is 0. The van der Waals surface area contributed by atoms with Crippen molar-refractivity contribution in [2.45, 2.75) is 13.5 Å². The van der Waals surface area contributed by atoms with Gasteiger partial charge in [0, 0.05) is 31.0 Å². The Kier molecular flexibility index (Phi) is 3.32. The van der Waals surface area contributed by atoms with E-state index in [9.17, 15) is 4.79 Å². The number of hydrogen-bond acceptors (Lipinski definition) is 3. The highest BCUT2D eigenvalue weighted by Crippen LogP contribution is 2.13. The Bertz CT molecular complexity index is 575. The molecular formula is C13H15N3O2. The van der Waals surface area contributed by atoms with Gasteiger partial charge in [-0.15, -0.1) is 0 Å². The molecule has 2 aromatic rings. The van der Waals surface area contributed by atoms with Crippen LogP contribution in [-0.4, -0.2) is 20.9 Å². The number of nitrogens with zero attached hydrogens (tertiary/aromatic N) is 2. The number of aromatic carboxylic acids is 1. The zero-order chi connectivity index (χ0) is 13.1. The Balaban J connectivity index is 2.08. The predicted octanol–water partition coefficient (Wildman–Crippen LogP) is 2.04. The van der Waals surface area contributed by atoms with Gasteiger partial charge in [-0.25, -0.2) is 4.79 Å². The third kappa shape index (κ3) is 2.68. The van der Waals surface area contributed by atoms with Crippen molar-refractivity contribution < 1.29 is 9.90 Å². The van der Waals surface area contributed by atoms with Crippen molar-refractivity contribution in [2.75, 3.05) is 5.32 Å². The van der Waals surface area contributed by atoms with E-state index < -0.39 is 5.97 Å². The monoisotopic (exact) mass is 245 g/mol. The minimum atomic E-state index is -0.920. The van der Waals surface area contributed by atoms with E-state index in [2.05, 4.69) is 10.4 Å². The first kappa shape index (κ1) is 12.2. The van der Waals surface area contributed by atoms with E-state index in [1.54, 1.807) is 22.9 Å². The molecule has 0 saturated carbocycles. The van der Waals surface area contributed by atoms with Crippen LogP contribution in [0.3, 0.4) is 0 Å². The van der Waals surface area contributed by atoms with Crippen molar-refractivity contribution in [3.8, 4) is 0 Å². The molecule has 1 heterocycles. The fourth-order valence-electron chi connectivity index (χ4n) is 1.78. The number of carboxylic acids is 1. The molecule has 0 saturated heterocycles. The second kappa shape index (κ2) is 4.91. The quantitative estimate of drug-likeness (QED) is 0.865. The molecule has 0 aliphatic rings. The van der Waals surface area contributed by atoms with Crippen molar-refractivity contribution in [3.05, 3.63) is 47.3 Å². The molecule has 0 amide bonds. The maximum atomic E-state index is 10.8. The number of anilines is 1. The standard InChI is InChI=1S/C13H15N3O2/c1-9-11(8-16(2)15-9)7-14-12-5-3-4-10(6-12)13(17)18/h3-6,8,14H,7H2,1-2H3,(H,17,18). The summed E-state index contributed by atoms with van der Waals surface area (Å²) in [4.78, 5) is 10.8. The molecule has 0 radical (unpaired) electrons. The van der Waals surface area contributed by atoms with E-state index in [0.29, 0.717) is 6.54 Å². The largest absolute Gasteiger partial charge is 0.478 e. The van der Waals surface area contributed by atoms with Gasteiger partial charge in [0.05, 0.1) is 11.3 Å². The molecule has 0 fully saturated rings. The number of rotatable bonds is 4. The summed E-state index contributed by atoms with van der Waals surface area (Å²) in [6.45, 7) is 2.58. The van der Waals surface area contributed by atoms with Crippen LogP contribution in [0.15, 0.2) is 30.5 Å². The fourth-order valence-corrected chi connectivity index (χ4v) is 1.78. The van der Waals surface area contributed by atoms with Gasteiger partial charge in [-0.05, 0) is 25.1 Å². The predicted molar refractivity (Wildman–Crippen MR) is 68.7 cm³/mol. The summed E-state index contributed by atoms with van der Waals surface area (Å²) in [6.07, 6.45) is 1.95. The highest BCUT2D eigenvalue weighted by molar-refractivity contribution is 5.88. The molecular weight excluding hydrogens is 230 g/mol. The van der Waals surface area contributed by atoms with Gasteiger partial charge in [0.15, 0.2) is 0 Å². The SMILES string of the molecule is Cc1nn(C)cc1CNc1cccc(C(=O)O)c1. The molecule has 1 aromatic carbocycles. The normalized spacial score (nSPS) is 10.3. The minimum Gasteiger partial charge on any atom is -0.478 e. The van der Waals surface area contributed by atoms with Crippen LogP contribution < -0.4 is 5.32 Å². The van der Waals surface area contributed by atoms with Crippen LogP contribution in [-0.2, 0) is 13.6 Å². The average Bonchev–Trinajstić information content (AvgIpc) is 2.65. The van der Waals surface area contributed by atoms with E-state index in [1.165, 1.54) is 0 Å². The maximum absolute atomic E-state index is 10.8. The Morgan fingerprint density at radius 3 is 2.89 bits per heavy atom. The second-order valence-corrected chi connectivity index (χ2v) is 4.15. The Labute approximate surface area is 105 Å². The van der Waals surface area contributed by atoms with Gasteiger partial charge in [-0.2, -0.15) is 5.10 Å². The van der Waals surface area contributed by atoms with Crippen LogP contribution in [0.1, 0.15) is 21.6 Å². The molecule has 2 rings (SSSR count). The molecule has 2 N–H and O–H groups in total. The van der Waals surface area contributed by atoms with Crippen molar-refractivity contribution >= 4 is 11.7 Å². The molecule has 0 bridgehead atoms. The van der Waals surface area contributed by atoms with E-state index in [4.69, 9.17) is 5.11 Å². The average molecular weight is 245 g/mol. The summed E-state index contributed by atoms with van der Waals surface area (Å²) in [5.41, 5.74) is 3.14. The molecule has 1 aromatic heterocycles. The summed E-state index contributed by atoms with van der Waals surface area (Å²) in [5.74, 6) is -0.920. The van der Waals surface area contributed by atoms with E-state index in [1.807, 2.05) is 26.2 Å². The third-order valence-electron chi connectivity index (χ3n) is 2.71. The lowest BCUT2D eigenvalue weighted by molar-refractivity contribution is 0.0697. The molecule has 5 heteroatoms. The Hall–Kier alpha value is -2.30. The lowest BCUT2D eigenvalue weighted by Crippen LogP contribution is -2.02. The first-order chi connectivity index (χ1) is 8.56. The van der Waals surface area contributed by atoms with E-state index in [-0.39, 0.29) is 5.56 Å². The van der Waals surface area contributed by atoms with Crippen LogP contribution in [0.2, 0.25) is 0 Å². The zero-order valence-electron chi connectivity index (χ0n) is 10.3. The van der Waals surface area contributed by atoms with Gasteiger partial charge in [-0.1, -0.05) is 6.07 Å². The van der Waals surface area contributed by atoms with Gasteiger partial charge in [0.25, 0.3) is 0 Å². The Morgan fingerprint density at radius 1 is 1.50 bits per heavy atom. The van der Waals surface area contributed by atoms with Gasteiger partial charge in [0.2, 0.25) is 0 Å². The first-order valence-electron chi connectivity index (χ1n) is 5.62. The summed E-state index contributed by atoms with van der Waals surface area (Å²) in [5, 5.41) is 16.3. The Morgan fingerprint density at radius 2 is 2.28 bits per heavy atom. The van der Waals surface area contributed by atoms with Crippen molar-refractivity contribution in [2.24, 2.45) is 7.05 Å². The van der Waals surface area contributed by atoms with Crippen molar-refractivity contribution in [3.63, 3.8) is 0 Å². The highest BCUT2D eigenvalue weighted by atomic mass is 16.4. The number of nitrogens with one attached hydrogen (secondary N) is 1. The van der Waals surface area contributed by atoms with Crippen LogP contribution >= 0.6 is 0 Å². The summed E-state index contributed by atoms with van der Waals surface area (Å²) in [6, 6.07) is 6.76. The molecule has 0 spiro atoms. The van der Waals surface area contributed by atoms with Crippen LogP contribution in [0.5, 0.6) is 0 Å². The van der Waals surface area contributed by atoms with E-state index in [0.717, 1.165) is 16.9 Å². The first-order valence-corrected chi connectivity index (χ1v) is 5.62. The van der Waals surface area contributed by atoms with Gasteiger partial charge < -0.3 is 10.4 Å². The van der Waals surface area contributed by atoms with Crippen molar-refractivity contribution in [1.82, 2.24) is 9.78 Å². The van der Waals surface area contributed by atoms with Gasteiger partial charge >= 0.3 is 5.97 Å². The molecule has 0 atom stereocenters. The number of aromatic nitrogens is 2. The number of benzene rings is 1. The van der Waals surface area contributed by atoms with Crippen LogP contribution in [0.25, 0.3) is 0 Å². The molecule has 18 heavy (non-hydrogen) atoms. The lowest BCUT2D eigenvalue weighted by atomic mass is 10.2. The van der Waals surface area contributed by atoms with Crippen molar-refractivity contribution in [1.29, 1.82) is 0 Å². The van der Waals surface area contributed by atoms with Gasteiger partial charge in [-0.3, -0.25) is 4.68 Å². The third-order valence-corrected chi connectivity index (χ3v) is 2.71. The van der Waals surface area contributed by atoms with Crippen LogP contribution in [0.4, 0.5) is 5.69 Å². The number of aryl methyl sites for hydroxylation is 2. The molecule has 0 aliphatic heterocycles. The zero-order valence-corrected chi connectivity index (χ0v) is 10.3. The second-order valence-electron chi connectivity index (χ2n) is 4.15. The van der Waals surface area contributed by atoms with Gasteiger partial charge in [0.1, 0.15) is 0 Å². The lowest BCUT2D eigenvalue weighted by Gasteiger charge is -2.06. The number of carboxylic acid groups (broad SMARTS) is 1. The van der Waals surface area contributed by atoms with E-state index >= 15 is 0 Å². The number of hydrogen-bond donors (Lipinski definition) is 2. The topological polar surface area (TPSA) is 67.2 Å². The molecule has 0 aliphatic carbocycles. The fraction of sp³-hybridized carbons (Fsp3) is 0.231. The van der Waals surface area contributed by atoms with Crippen LogP contribution in [0, 0.1) is 6.92 Å². The molecule has 5 nitrogen and oxygen atoms in total. The molecule has 94 valence electrons. The molecule has 0 unspecified atom stereocenters. The highest BCUT2D eigenvalue weighted by Gasteiger charge is 2.05. The summed E-state index contributed by atoms with van der Waals surface area (Å²) < 4.78 is 1.76. The maximum Gasteiger partial charge on any atom is 0.335 e. The summed E-state index contributed by atoms with van der Waals surface area (Å²) in [7, 11) is 1.88. The smallest absolute Gasteiger partial charge is 0.335 e.